The Morgan fingerprint density at radius 2 is 2.11 bits per heavy atom. The van der Waals surface area contributed by atoms with E-state index in [1.807, 2.05) is 25.2 Å². The summed E-state index contributed by atoms with van der Waals surface area (Å²) in [5.74, 6) is -0.339. The molecule has 0 bridgehead atoms. The van der Waals surface area contributed by atoms with E-state index in [0.717, 1.165) is 6.54 Å². The second-order valence-electron chi connectivity index (χ2n) is 4.03. The monoisotopic (exact) mass is 248 g/mol. The van der Waals surface area contributed by atoms with Gasteiger partial charge in [-0.1, -0.05) is 36.4 Å². The molecule has 0 aromatic heterocycles. The highest BCUT2D eigenvalue weighted by Gasteiger charge is 2.01. The molecule has 1 rings (SSSR count). The molecule has 0 aliphatic heterocycles. The van der Waals surface area contributed by atoms with Crippen LogP contribution in [0.2, 0.25) is 0 Å². The number of carbonyl (C=O) groups is 1. The van der Waals surface area contributed by atoms with Gasteiger partial charge in [0.05, 0.1) is 0 Å². The highest BCUT2D eigenvalue weighted by molar-refractivity contribution is 5.81. The average molecular weight is 248 g/mol. The molecular weight excluding hydrogens is 228 g/mol. The Labute approximate surface area is 108 Å². The summed E-state index contributed by atoms with van der Waals surface area (Å²) in [6.07, 6.45) is 2.94. The summed E-state index contributed by atoms with van der Waals surface area (Å²) in [6, 6.07) is 10.2. The van der Waals surface area contributed by atoms with Crippen molar-refractivity contribution in [2.45, 2.75) is 6.54 Å². The van der Waals surface area contributed by atoms with Gasteiger partial charge >= 0.3 is 5.97 Å². The molecule has 0 aliphatic rings. The second kappa shape index (κ2) is 8.44. The fraction of sp³-hybridized carbons (Fsp3) is 0.357. The van der Waals surface area contributed by atoms with Gasteiger partial charge in [0, 0.05) is 25.7 Å². The van der Waals surface area contributed by atoms with Crippen LogP contribution in [-0.2, 0) is 16.1 Å². The van der Waals surface area contributed by atoms with Crippen molar-refractivity contribution in [1.82, 2.24) is 4.90 Å². The van der Waals surface area contributed by atoms with E-state index in [0.29, 0.717) is 19.7 Å². The molecule has 4 heteroatoms. The van der Waals surface area contributed by atoms with Gasteiger partial charge in [-0.3, -0.25) is 4.90 Å². The Morgan fingerprint density at radius 1 is 1.39 bits per heavy atom. The maximum Gasteiger partial charge on any atom is 0.330 e. The van der Waals surface area contributed by atoms with Crippen LogP contribution in [0.1, 0.15) is 5.56 Å². The minimum atomic E-state index is -0.339. The minimum absolute atomic E-state index is 0.339. The van der Waals surface area contributed by atoms with E-state index < -0.39 is 0 Å². The molecule has 0 heterocycles. The van der Waals surface area contributed by atoms with E-state index in [2.05, 4.69) is 17.0 Å². The summed E-state index contributed by atoms with van der Waals surface area (Å²) in [5.41, 5.74) is 6.48. The first-order valence-electron chi connectivity index (χ1n) is 5.98. The normalized spacial score (nSPS) is 11.1. The second-order valence-corrected chi connectivity index (χ2v) is 4.03. The van der Waals surface area contributed by atoms with Gasteiger partial charge in [-0.05, 0) is 12.6 Å². The van der Waals surface area contributed by atoms with E-state index in [1.54, 1.807) is 6.08 Å². The van der Waals surface area contributed by atoms with Crippen molar-refractivity contribution in [1.29, 1.82) is 0 Å². The van der Waals surface area contributed by atoms with Gasteiger partial charge in [0.1, 0.15) is 6.61 Å². The molecule has 98 valence electrons. The summed E-state index contributed by atoms with van der Waals surface area (Å²) >= 11 is 0. The van der Waals surface area contributed by atoms with Crippen molar-refractivity contribution >= 4 is 5.97 Å². The summed E-state index contributed by atoms with van der Waals surface area (Å²) in [5, 5.41) is 0. The number of ether oxygens (including phenoxy) is 1. The van der Waals surface area contributed by atoms with Gasteiger partial charge in [0.15, 0.2) is 0 Å². The zero-order chi connectivity index (χ0) is 13.2. The molecule has 0 saturated heterocycles. The number of nitrogens with zero attached hydrogens (tertiary/aromatic N) is 1. The molecule has 0 amide bonds. The summed E-state index contributed by atoms with van der Waals surface area (Å²) in [4.78, 5) is 13.3. The molecule has 1 aromatic carbocycles. The van der Waals surface area contributed by atoms with Crippen LogP contribution < -0.4 is 5.73 Å². The molecule has 0 atom stereocenters. The van der Waals surface area contributed by atoms with Crippen LogP contribution in [0.3, 0.4) is 0 Å². The molecular formula is C14H20N2O2. The molecule has 0 saturated carbocycles. The average Bonchev–Trinajstić information content (AvgIpc) is 2.37. The van der Waals surface area contributed by atoms with Crippen LogP contribution in [0, 0.1) is 0 Å². The van der Waals surface area contributed by atoms with Crippen LogP contribution in [0.15, 0.2) is 42.5 Å². The predicted octanol–water partition coefficient (Wildman–Crippen LogP) is 1.18. The Kier molecular flexibility index (Phi) is 6.76. The van der Waals surface area contributed by atoms with Crippen molar-refractivity contribution in [3.63, 3.8) is 0 Å². The lowest BCUT2D eigenvalue weighted by molar-refractivity contribution is -0.138. The predicted molar refractivity (Wildman–Crippen MR) is 71.9 cm³/mol. The van der Waals surface area contributed by atoms with Crippen molar-refractivity contribution in [3.05, 3.63) is 48.0 Å². The lowest BCUT2D eigenvalue weighted by Gasteiger charge is -2.16. The van der Waals surface area contributed by atoms with Crippen LogP contribution in [-0.4, -0.2) is 37.6 Å². The third-order valence-corrected chi connectivity index (χ3v) is 2.40. The molecule has 1 aromatic rings. The van der Waals surface area contributed by atoms with Crippen LogP contribution >= 0.6 is 0 Å². The van der Waals surface area contributed by atoms with Crippen molar-refractivity contribution in [3.8, 4) is 0 Å². The standard InChI is InChI=1S/C14H20N2O2/c1-16(12-13-6-3-2-4-7-13)10-11-18-14(17)8-5-9-15/h2-8H,9-12,15H2,1H3. The third kappa shape index (κ3) is 6.18. The highest BCUT2D eigenvalue weighted by Crippen LogP contribution is 2.01. The van der Waals surface area contributed by atoms with E-state index in [9.17, 15) is 4.79 Å². The Bertz CT molecular complexity index is 377. The van der Waals surface area contributed by atoms with Gasteiger partial charge < -0.3 is 10.5 Å². The SMILES string of the molecule is CN(CCOC(=O)C=CCN)Cc1ccccc1. The maximum atomic E-state index is 11.2. The van der Waals surface area contributed by atoms with Gasteiger partial charge in [0.2, 0.25) is 0 Å². The molecule has 0 radical (unpaired) electrons. The fourth-order valence-electron chi connectivity index (χ4n) is 1.49. The summed E-state index contributed by atoms with van der Waals surface area (Å²) in [7, 11) is 2.00. The summed E-state index contributed by atoms with van der Waals surface area (Å²) < 4.78 is 5.03. The highest BCUT2D eigenvalue weighted by atomic mass is 16.5. The Hall–Kier alpha value is -1.65. The maximum absolute atomic E-state index is 11.2. The number of nitrogens with two attached hydrogens (primary N) is 1. The van der Waals surface area contributed by atoms with Crippen molar-refractivity contribution in [2.24, 2.45) is 5.73 Å². The van der Waals surface area contributed by atoms with E-state index in [1.165, 1.54) is 11.6 Å². The van der Waals surface area contributed by atoms with Gasteiger partial charge in [-0.15, -0.1) is 0 Å². The largest absolute Gasteiger partial charge is 0.461 e. The first-order chi connectivity index (χ1) is 8.72. The molecule has 18 heavy (non-hydrogen) atoms. The molecule has 2 N–H and O–H groups in total. The van der Waals surface area contributed by atoms with E-state index in [-0.39, 0.29) is 5.97 Å². The minimum Gasteiger partial charge on any atom is -0.461 e. The number of hydrogen-bond acceptors (Lipinski definition) is 4. The van der Waals surface area contributed by atoms with Crippen LogP contribution in [0.25, 0.3) is 0 Å². The first kappa shape index (κ1) is 14.4. The van der Waals surface area contributed by atoms with Gasteiger partial charge in [0.25, 0.3) is 0 Å². The quantitative estimate of drug-likeness (QED) is 0.581. The number of hydrogen-bond donors (Lipinski definition) is 1. The molecule has 0 spiro atoms. The molecule has 0 aliphatic carbocycles. The zero-order valence-corrected chi connectivity index (χ0v) is 10.7. The summed E-state index contributed by atoms with van der Waals surface area (Å²) in [6.45, 7) is 2.29. The Balaban J connectivity index is 2.19. The fourth-order valence-corrected chi connectivity index (χ4v) is 1.49. The number of esters is 1. The molecule has 0 fully saturated rings. The smallest absolute Gasteiger partial charge is 0.330 e. The zero-order valence-electron chi connectivity index (χ0n) is 10.7. The molecule has 4 nitrogen and oxygen atoms in total. The van der Waals surface area contributed by atoms with Crippen LogP contribution in [0.4, 0.5) is 0 Å². The number of carbonyl (C=O) groups excluding carboxylic acids is 1. The van der Waals surface area contributed by atoms with E-state index in [4.69, 9.17) is 10.5 Å². The third-order valence-electron chi connectivity index (χ3n) is 2.40. The van der Waals surface area contributed by atoms with Crippen molar-refractivity contribution in [2.75, 3.05) is 26.7 Å². The van der Waals surface area contributed by atoms with Crippen LogP contribution in [0.5, 0.6) is 0 Å². The lowest BCUT2D eigenvalue weighted by Crippen LogP contribution is -2.23. The molecule has 0 unspecified atom stereocenters. The first-order valence-corrected chi connectivity index (χ1v) is 5.98. The Morgan fingerprint density at radius 3 is 2.78 bits per heavy atom. The van der Waals surface area contributed by atoms with E-state index >= 15 is 0 Å². The van der Waals surface area contributed by atoms with Crippen molar-refractivity contribution < 1.29 is 9.53 Å². The number of rotatable bonds is 7. The number of benzene rings is 1. The van der Waals surface area contributed by atoms with Gasteiger partial charge in [-0.25, -0.2) is 4.79 Å². The number of likely N-dealkylation sites (N-methyl/N-ethyl adjacent to an activating group) is 1. The van der Waals surface area contributed by atoms with Gasteiger partial charge in [-0.2, -0.15) is 0 Å². The topological polar surface area (TPSA) is 55.6 Å². The lowest BCUT2D eigenvalue weighted by atomic mass is 10.2.